The summed E-state index contributed by atoms with van der Waals surface area (Å²) in [5.74, 6) is 0.387. The Bertz CT molecular complexity index is 393. The normalized spacial score (nSPS) is 25.9. The van der Waals surface area contributed by atoms with Gasteiger partial charge in [0.15, 0.2) is 5.78 Å². The van der Waals surface area contributed by atoms with Crippen LogP contribution in [0.15, 0.2) is 24.3 Å². The fraction of sp³-hybridized carbons (Fsp3) is 0.462. The van der Waals surface area contributed by atoms with Crippen LogP contribution in [0, 0.1) is 0 Å². The van der Waals surface area contributed by atoms with Crippen LogP contribution in [-0.2, 0) is 11.2 Å². The molecule has 0 amide bonds. The summed E-state index contributed by atoms with van der Waals surface area (Å²) in [5, 5.41) is 0. The van der Waals surface area contributed by atoms with Gasteiger partial charge in [-0.15, -0.1) is 0 Å². The molecule has 1 aromatic rings. The highest BCUT2D eigenvalue weighted by Crippen LogP contribution is 2.34. The average Bonchev–Trinajstić information content (AvgIpc) is 2.82. The zero-order chi connectivity index (χ0) is 10.3. The number of rotatable bonds is 1. The maximum atomic E-state index is 12.0. The van der Waals surface area contributed by atoms with Crippen molar-refractivity contribution < 1.29 is 4.79 Å². The number of hydrogen-bond donors (Lipinski definition) is 0. The molecular weight excluding hydrogens is 186 g/mol. The molecule has 1 atom stereocenters. The Kier molecular flexibility index (Phi) is 2.10. The van der Waals surface area contributed by atoms with Crippen LogP contribution in [0.3, 0.4) is 0 Å². The Morgan fingerprint density at radius 3 is 2.67 bits per heavy atom. The van der Waals surface area contributed by atoms with E-state index in [0.29, 0.717) is 12.2 Å². The summed E-state index contributed by atoms with van der Waals surface area (Å²) in [4.78, 5) is 14.3. The van der Waals surface area contributed by atoms with Gasteiger partial charge in [-0.1, -0.05) is 24.3 Å². The number of nitrogens with zero attached hydrogens (tertiary/aromatic N) is 1. The molecule has 1 aliphatic heterocycles. The van der Waals surface area contributed by atoms with Crippen LogP contribution >= 0.6 is 0 Å². The first kappa shape index (κ1) is 9.10. The Morgan fingerprint density at radius 1 is 1.13 bits per heavy atom. The Labute approximate surface area is 89.9 Å². The minimum Gasteiger partial charge on any atom is -0.297 e. The van der Waals surface area contributed by atoms with E-state index < -0.39 is 0 Å². The van der Waals surface area contributed by atoms with Crippen molar-refractivity contribution in [2.45, 2.75) is 25.3 Å². The molecule has 0 bridgehead atoms. The number of carbonyl (C=O) groups is 1. The minimum atomic E-state index is 0.0729. The van der Waals surface area contributed by atoms with E-state index in [2.05, 4.69) is 17.0 Å². The molecule has 1 aromatic carbocycles. The lowest BCUT2D eigenvalue weighted by atomic mass is 10.1. The number of Topliss-reactive ketones (excluding diaryl/α,β-unsaturated/α-hetero) is 1. The predicted octanol–water partition coefficient (Wildman–Crippen LogP) is 1.95. The SMILES string of the molecule is O=C1Cc2ccccc2C1N1CCCC1. The summed E-state index contributed by atoms with van der Waals surface area (Å²) in [7, 11) is 0. The van der Waals surface area contributed by atoms with Crippen molar-refractivity contribution in [1.29, 1.82) is 0 Å². The summed E-state index contributed by atoms with van der Waals surface area (Å²) in [6.45, 7) is 2.18. The van der Waals surface area contributed by atoms with E-state index in [0.717, 1.165) is 13.1 Å². The Balaban J connectivity index is 1.98. The molecule has 0 N–H and O–H groups in total. The van der Waals surface area contributed by atoms with Gasteiger partial charge in [-0.2, -0.15) is 0 Å². The minimum absolute atomic E-state index is 0.0729. The third-order valence-corrected chi connectivity index (χ3v) is 3.53. The first-order valence-corrected chi connectivity index (χ1v) is 5.71. The van der Waals surface area contributed by atoms with Gasteiger partial charge in [0, 0.05) is 6.42 Å². The molecule has 1 saturated heterocycles. The van der Waals surface area contributed by atoms with Crippen LogP contribution in [0.2, 0.25) is 0 Å². The predicted molar refractivity (Wildman–Crippen MR) is 58.7 cm³/mol. The second-order valence-corrected chi connectivity index (χ2v) is 4.49. The highest BCUT2D eigenvalue weighted by atomic mass is 16.1. The zero-order valence-electron chi connectivity index (χ0n) is 8.78. The average molecular weight is 201 g/mol. The second kappa shape index (κ2) is 3.46. The summed E-state index contributed by atoms with van der Waals surface area (Å²) < 4.78 is 0. The lowest BCUT2D eigenvalue weighted by molar-refractivity contribution is -0.122. The summed E-state index contributed by atoms with van der Waals surface area (Å²) >= 11 is 0. The van der Waals surface area contributed by atoms with Crippen molar-refractivity contribution in [3.05, 3.63) is 35.4 Å². The quantitative estimate of drug-likeness (QED) is 0.692. The number of fused-ring (bicyclic) bond motifs is 1. The van der Waals surface area contributed by atoms with E-state index in [1.54, 1.807) is 0 Å². The molecule has 1 fully saturated rings. The standard InChI is InChI=1S/C13H15NO/c15-12-9-10-5-1-2-6-11(10)13(12)14-7-3-4-8-14/h1-2,5-6,13H,3-4,7-9H2. The van der Waals surface area contributed by atoms with Gasteiger partial charge in [0.2, 0.25) is 0 Å². The van der Waals surface area contributed by atoms with Gasteiger partial charge in [0.1, 0.15) is 0 Å². The van der Waals surface area contributed by atoms with Crippen molar-refractivity contribution in [2.24, 2.45) is 0 Å². The highest BCUT2D eigenvalue weighted by molar-refractivity contribution is 5.92. The summed E-state index contributed by atoms with van der Waals surface area (Å²) in [5.41, 5.74) is 2.49. The smallest absolute Gasteiger partial charge is 0.158 e. The molecule has 0 spiro atoms. The van der Waals surface area contributed by atoms with Crippen LogP contribution < -0.4 is 0 Å². The van der Waals surface area contributed by atoms with E-state index in [4.69, 9.17) is 0 Å². The molecule has 0 saturated carbocycles. The molecule has 2 heteroatoms. The van der Waals surface area contributed by atoms with E-state index in [1.807, 2.05) is 12.1 Å². The van der Waals surface area contributed by atoms with E-state index >= 15 is 0 Å². The maximum Gasteiger partial charge on any atom is 0.158 e. The molecular formula is C13H15NO. The van der Waals surface area contributed by atoms with Crippen molar-refractivity contribution in [2.75, 3.05) is 13.1 Å². The molecule has 1 heterocycles. The zero-order valence-corrected chi connectivity index (χ0v) is 8.78. The van der Waals surface area contributed by atoms with Gasteiger partial charge in [0.25, 0.3) is 0 Å². The molecule has 3 rings (SSSR count). The van der Waals surface area contributed by atoms with E-state index in [-0.39, 0.29) is 6.04 Å². The lowest BCUT2D eigenvalue weighted by Gasteiger charge is -2.22. The van der Waals surface area contributed by atoms with Gasteiger partial charge in [0.05, 0.1) is 6.04 Å². The second-order valence-electron chi connectivity index (χ2n) is 4.49. The molecule has 2 nitrogen and oxygen atoms in total. The number of ketones is 1. The van der Waals surface area contributed by atoms with E-state index in [1.165, 1.54) is 24.0 Å². The van der Waals surface area contributed by atoms with Crippen LogP contribution in [0.4, 0.5) is 0 Å². The summed E-state index contributed by atoms with van der Waals surface area (Å²) in [6, 6.07) is 8.34. The lowest BCUT2D eigenvalue weighted by Crippen LogP contribution is -2.29. The molecule has 0 radical (unpaired) electrons. The number of carbonyl (C=O) groups excluding carboxylic acids is 1. The van der Waals surface area contributed by atoms with E-state index in [9.17, 15) is 4.79 Å². The third-order valence-electron chi connectivity index (χ3n) is 3.53. The largest absolute Gasteiger partial charge is 0.297 e. The van der Waals surface area contributed by atoms with Gasteiger partial charge >= 0.3 is 0 Å². The molecule has 78 valence electrons. The monoisotopic (exact) mass is 201 g/mol. The Morgan fingerprint density at radius 2 is 1.87 bits per heavy atom. The number of benzene rings is 1. The molecule has 1 aliphatic carbocycles. The first-order valence-electron chi connectivity index (χ1n) is 5.71. The fourth-order valence-electron chi connectivity index (χ4n) is 2.82. The molecule has 2 aliphatic rings. The fourth-order valence-corrected chi connectivity index (χ4v) is 2.82. The van der Waals surface area contributed by atoms with Gasteiger partial charge in [-0.05, 0) is 37.1 Å². The van der Waals surface area contributed by atoms with Crippen LogP contribution in [0.5, 0.6) is 0 Å². The topological polar surface area (TPSA) is 20.3 Å². The first-order chi connectivity index (χ1) is 7.36. The van der Waals surface area contributed by atoms with Crippen LogP contribution in [-0.4, -0.2) is 23.8 Å². The molecule has 15 heavy (non-hydrogen) atoms. The van der Waals surface area contributed by atoms with Gasteiger partial charge < -0.3 is 0 Å². The van der Waals surface area contributed by atoms with Crippen LogP contribution in [0.25, 0.3) is 0 Å². The van der Waals surface area contributed by atoms with Crippen molar-refractivity contribution in [1.82, 2.24) is 4.90 Å². The van der Waals surface area contributed by atoms with Gasteiger partial charge in [-0.3, -0.25) is 9.69 Å². The molecule has 1 unspecified atom stereocenters. The molecule has 0 aromatic heterocycles. The van der Waals surface area contributed by atoms with Crippen molar-refractivity contribution >= 4 is 5.78 Å². The van der Waals surface area contributed by atoms with Crippen LogP contribution in [0.1, 0.15) is 30.0 Å². The Hall–Kier alpha value is -1.15. The third kappa shape index (κ3) is 1.40. The van der Waals surface area contributed by atoms with Crippen molar-refractivity contribution in [3.8, 4) is 0 Å². The maximum absolute atomic E-state index is 12.0. The van der Waals surface area contributed by atoms with Crippen molar-refractivity contribution in [3.63, 3.8) is 0 Å². The number of likely N-dealkylation sites (tertiary alicyclic amines) is 1. The summed E-state index contributed by atoms with van der Waals surface area (Å²) in [6.07, 6.45) is 3.12. The number of hydrogen-bond acceptors (Lipinski definition) is 2. The highest BCUT2D eigenvalue weighted by Gasteiger charge is 2.35. The van der Waals surface area contributed by atoms with Gasteiger partial charge in [-0.25, -0.2) is 0 Å².